The summed E-state index contributed by atoms with van der Waals surface area (Å²) in [5, 5.41) is 8.01. The Labute approximate surface area is 367 Å². The van der Waals surface area contributed by atoms with E-state index in [1.807, 2.05) is 0 Å². The Morgan fingerprint density at radius 1 is 0.770 bits per heavy atom. The number of benzene rings is 2. The molecule has 8 heteroatoms. The van der Waals surface area contributed by atoms with Crippen molar-refractivity contribution in [3.05, 3.63) is 59.7 Å². The minimum absolute atomic E-state index is 0.0387. The SMILES string of the molecule is CCCCCCCCOc1ccc(N=Nc2ccc(OCCCCCC(=O)O[C@H]3CC[C@@]4(C)C(=CC[C@H]5[C@@H]6CC[C@H]([C@H](C)CCCC(C)C)[C@@]6(C)CC[C@@H]54)C3)c(F)c2F)cc1. The molecule has 3 saturated carbocycles. The van der Waals surface area contributed by atoms with Crippen LogP contribution >= 0.6 is 0 Å². The Bertz CT molecular complexity index is 1760. The molecule has 0 amide bonds. The lowest BCUT2D eigenvalue weighted by Gasteiger charge is -2.58. The minimum atomic E-state index is -1.10. The van der Waals surface area contributed by atoms with Gasteiger partial charge in [-0.3, -0.25) is 4.79 Å². The molecule has 0 bridgehead atoms. The smallest absolute Gasteiger partial charge is 0.306 e. The number of carbonyl (C=O) groups excluding carboxylic acids is 1. The number of esters is 1. The molecule has 4 aliphatic rings. The van der Waals surface area contributed by atoms with Crippen molar-refractivity contribution in [1.29, 1.82) is 0 Å². The highest BCUT2D eigenvalue weighted by atomic mass is 19.2. The van der Waals surface area contributed by atoms with Crippen LogP contribution < -0.4 is 9.47 Å². The van der Waals surface area contributed by atoms with Crippen molar-refractivity contribution in [1.82, 2.24) is 0 Å². The standard InChI is InChI=1S/C53H78F2N2O4/c1-7-8-9-10-11-14-34-59-41-23-21-40(22-24-41)56-57-47-28-29-48(51(55)50(47)54)60-35-15-12-13-19-49(58)61-42-30-32-52(5)39(36-42)20-25-43-45-27-26-44(38(4)18-16-17-37(2)3)53(45,6)33-31-46(43)52/h20-24,28-29,37-38,42-46H,7-19,25-27,30-36H2,1-6H3/t38-,42+,43+,44-,45+,46+,52+,53-/m1/s1. The summed E-state index contributed by atoms with van der Waals surface area (Å²) in [6.07, 6.45) is 25.9. The van der Waals surface area contributed by atoms with Crippen molar-refractivity contribution in [3.63, 3.8) is 0 Å². The van der Waals surface area contributed by atoms with Gasteiger partial charge in [-0.05, 0) is 153 Å². The number of hydrogen-bond donors (Lipinski definition) is 0. The van der Waals surface area contributed by atoms with Gasteiger partial charge in [-0.2, -0.15) is 9.50 Å². The largest absolute Gasteiger partial charge is 0.494 e. The zero-order chi connectivity index (χ0) is 43.4. The summed E-state index contributed by atoms with van der Waals surface area (Å²) in [4.78, 5) is 12.9. The van der Waals surface area contributed by atoms with Gasteiger partial charge in [-0.25, -0.2) is 4.39 Å². The molecule has 0 unspecified atom stereocenters. The molecule has 6 rings (SSSR count). The van der Waals surface area contributed by atoms with E-state index in [9.17, 15) is 13.6 Å². The van der Waals surface area contributed by atoms with Gasteiger partial charge in [0, 0.05) is 12.8 Å². The molecule has 338 valence electrons. The van der Waals surface area contributed by atoms with E-state index in [0.29, 0.717) is 37.0 Å². The van der Waals surface area contributed by atoms with E-state index < -0.39 is 11.6 Å². The van der Waals surface area contributed by atoms with Gasteiger partial charge in [-0.1, -0.05) is 105 Å². The lowest BCUT2D eigenvalue weighted by atomic mass is 9.47. The predicted molar refractivity (Wildman–Crippen MR) is 243 cm³/mol. The molecule has 0 saturated heterocycles. The second-order valence-corrected chi connectivity index (χ2v) is 20.3. The maximum Gasteiger partial charge on any atom is 0.306 e. The van der Waals surface area contributed by atoms with Gasteiger partial charge >= 0.3 is 5.97 Å². The van der Waals surface area contributed by atoms with Crippen molar-refractivity contribution >= 4 is 17.3 Å². The number of azo groups is 1. The molecular formula is C53H78F2N2O4. The van der Waals surface area contributed by atoms with Crippen LogP contribution in [0.3, 0.4) is 0 Å². The molecule has 0 radical (unpaired) electrons. The fourth-order valence-corrected chi connectivity index (χ4v) is 12.2. The molecule has 2 aromatic rings. The number of rotatable bonds is 23. The topological polar surface area (TPSA) is 69.5 Å². The zero-order valence-electron chi connectivity index (χ0n) is 38.6. The first-order chi connectivity index (χ1) is 29.4. The Balaban J connectivity index is 0.875. The van der Waals surface area contributed by atoms with E-state index in [1.54, 1.807) is 29.8 Å². The first-order valence-electron chi connectivity index (χ1n) is 24.6. The third kappa shape index (κ3) is 12.0. The monoisotopic (exact) mass is 845 g/mol. The molecule has 0 N–H and O–H groups in total. The molecule has 0 aromatic heterocycles. The Hall–Kier alpha value is -3.29. The molecule has 0 heterocycles. The normalized spacial score (nSPS) is 27.6. The maximum absolute atomic E-state index is 14.9. The second kappa shape index (κ2) is 22.4. The molecule has 0 spiro atoms. The van der Waals surface area contributed by atoms with Gasteiger partial charge in [0.2, 0.25) is 5.82 Å². The van der Waals surface area contributed by atoms with Gasteiger partial charge in [0.1, 0.15) is 17.5 Å². The van der Waals surface area contributed by atoms with Crippen LogP contribution in [0.4, 0.5) is 20.2 Å². The van der Waals surface area contributed by atoms with Crippen LogP contribution in [0.2, 0.25) is 0 Å². The molecule has 0 aliphatic heterocycles. The second-order valence-electron chi connectivity index (χ2n) is 20.3. The summed E-state index contributed by atoms with van der Waals surface area (Å²) < 4.78 is 47.2. The van der Waals surface area contributed by atoms with Crippen LogP contribution in [0.1, 0.15) is 176 Å². The Kier molecular flexibility index (Phi) is 17.3. The van der Waals surface area contributed by atoms with Crippen LogP contribution in [0, 0.1) is 58.0 Å². The summed E-state index contributed by atoms with van der Waals surface area (Å²) in [5.74, 6) is 3.15. The van der Waals surface area contributed by atoms with Gasteiger partial charge in [0.15, 0.2) is 11.6 Å². The van der Waals surface area contributed by atoms with Crippen molar-refractivity contribution in [2.24, 2.45) is 56.6 Å². The molecule has 3 fully saturated rings. The summed E-state index contributed by atoms with van der Waals surface area (Å²) >= 11 is 0. The predicted octanol–water partition coefficient (Wildman–Crippen LogP) is 16.0. The highest BCUT2D eigenvalue weighted by molar-refractivity contribution is 5.69. The highest BCUT2D eigenvalue weighted by Gasteiger charge is 2.59. The number of ether oxygens (including phenoxy) is 3. The summed E-state index contributed by atoms with van der Waals surface area (Å²) in [6, 6.07) is 9.84. The van der Waals surface area contributed by atoms with Crippen LogP contribution in [0.15, 0.2) is 58.3 Å². The number of allylic oxidation sites excluding steroid dienone is 1. The van der Waals surface area contributed by atoms with Crippen molar-refractivity contribution in [3.8, 4) is 11.5 Å². The van der Waals surface area contributed by atoms with Gasteiger partial charge < -0.3 is 14.2 Å². The average molecular weight is 845 g/mol. The van der Waals surface area contributed by atoms with Gasteiger partial charge in [0.05, 0.1) is 18.9 Å². The molecule has 61 heavy (non-hydrogen) atoms. The lowest BCUT2D eigenvalue weighted by molar-refractivity contribution is -0.151. The van der Waals surface area contributed by atoms with Gasteiger partial charge in [-0.15, -0.1) is 5.11 Å². The Morgan fingerprint density at radius 2 is 1.51 bits per heavy atom. The fourth-order valence-electron chi connectivity index (χ4n) is 12.2. The van der Waals surface area contributed by atoms with E-state index >= 15 is 0 Å². The summed E-state index contributed by atoms with van der Waals surface area (Å²) in [6.45, 7) is 15.6. The van der Waals surface area contributed by atoms with Crippen LogP contribution in [-0.2, 0) is 9.53 Å². The van der Waals surface area contributed by atoms with Crippen LogP contribution in [0.5, 0.6) is 11.5 Å². The van der Waals surface area contributed by atoms with E-state index in [2.05, 4.69) is 57.8 Å². The van der Waals surface area contributed by atoms with Crippen molar-refractivity contribution in [2.75, 3.05) is 13.2 Å². The number of nitrogens with zero attached hydrogens (tertiary/aromatic N) is 2. The Morgan fingerprint density at radius 3 is 2.28 bits per heavy atom. The summed E-state index contributed by atoms with van der Waals surface area (Å²) in [5.41, 5.74) is 2.58. The van der Waals surface area contributed by atoms with Gasteiger partial charge in [0.25, 0.3) is 0 Å². The maximum atomic E-state index is 14.9. The third-order valence-electron chi connectivity index (χ3n) is 15.7. The summed E-state index contributed by atoms with van der Waals surface area (Å²) in [7, 11) is 0. The first kappa shape index (κ1) is 47.2. The molecule has 2 aromatic carbocycles. The number of hydrogen-bond acceptors (Lipinski definition) is 6. The number of halogens is 2. The quantitative estimate of drug-likeness (QED) is 0.0483. The zero-order valence-corrected chi connectivity index (χ0v) is 38.6. The molecule has 8 atom stereocenters. The van der Waals surface area contributed by atoms with E-state index in [1.165, 1.54) is 89.2 Å². The van der Waals surface area contributed by atoms with E-state index in [4.69, 9.17) is 14.2 Å². The molecule has 4 aliphatic carbocycles. The number of carbonyl (C=O) groups is 1. The number of unbranched alkanes of at least 4 members (excludes halogenated alkanes) is 7. The first-order valence-corrected chi connectivity index (χ1v) is 24.6. The molecule has 6 nitrogen and oxygen atoms in total. The minimum Gasteiger partial charge on any atom is -0.494 e. The number of fused-ring (bicyclic) bond motifs is 5. The highest BCUT2D eigenvalue weighted by Crippen LogP contribution is 2.67. The fraction of sp³-hybridized carbons (Fsp3) is 0.717. The third-order valence-corrected chi connectivity index (χ3v) is 15.7. The van der Waals surface area contributed by atoms with Crippen molar-refractivity contribution < 1.29 is 27.8 Å². The lowest BCUT2D eigenvalue weighted by Crippen LogP contribution is -2.51. The van der Waals surface area contributed by atoms with E-state index in [0.717, 1.165) is 79.8 Å². The van der Waals surface area contributed by atoms with Crippen molar-refractivity contribution in [2.45, 2.75) is 182 Å². The average Bonchev–Trinajstić information content (AvgIpc) is 3.60. The van der Waals surface area contributed by atoms with Crippen LogP contribution in [-0.4, -0.2) is 25.3 Å². The molecular weight excluding hydrogens is 767 g/mol. The van der Waals surface area contributed by atoms with Crippen LogP contribution in [0.25, 0.3) is 0 Å². The van der Waals surface area contributed by atoms with E-state index in [-0.39, 0.29) is 35.5 Å².